The van der Waals surface area contributed by atoms with Gasteiger partial charge in [0.05, 0.1) is 11.0 Å². The molecule has 0 unspecified atom stereocenters. The van der Waals surface area contributed by atoms with Gasteiger partial charge in [-0.15, -0.1) is 0 Å². The Balaban J connectivity index is 2.35. The second kappa shape index (κ2) is 5.05. The molecule has 2 aromatic rings. The molecule has 92 valence electrons. The van der Waals surface area contributed by atoms with Gasteiger partial charge < -0.3 is 5.73 Å². The summed E-state index contributed by atoms with van der Waals surface area (Å²) in [4.78, 5) is 15.4. The monoisotopic (exact) mass is 261 g/mol. The Morgan fingerprint density at radius 1 is 1.33 bits per heavy atom. The molecule has 0 aliphatic carbocycles. The van der Waals surface area contributed by atoms with Crippen LogP contribution in [-0.4, -0.2) is 9.91 Å². The fourth-order valence-corrected chi connectivity index (χ4v) is 2.38. The number of anilines is 1. The fraction of sp³-hybridized carbons (Fsp3) is 0.0833. The maximum Gasteiger partial charge on any atom is 0.275 e. The lowest BCUT2D eigenvalue weighted by Crippen LogP contribution is -1.96. The number of benzene rings is 1. The first-order valence-electron chi connectivity index (χ1n) is 5.21. The van der Waals surface area contributed by atoms with Crippen LogP contribution in [0.4, 0.5) is 11.5 Å². The van der Waals surface area contributed by atoms with Gasteiger partial charge in [-0.3, -0.25) is 10.1 Å². The van der Waals surface area contributed by atoms with Crippen LogP contribution in [0.15, 0.2) is 46.3 Å². The predicted molar refractivity (Wildman–Crippen MR) is 70.6 cm³/mol. The summed E-state index contributed by atoms with van der Waals surface area (Å²) in [7, 11) is 0. The number of hydrogen-bond acceptors (Lipinski definition) is 5. The smallest absolute Gasteiger partial charge is 0.275 e. The van der Waals surface area contributed by atoms with E-state index in [0.29, 0.717) is 5.03 Å². The normalized spacial score (nSPS) is 10.3. The third-order valence-corrected chi connectivity index (χ3v) is 3.42. The molecule has 1 aromatic carbocycles. The summed E-state index contributed by atoms with van der Waals surface area (Å²) in [6.07, 6.45) is 0. The summed E-state index contributed by atoms with van der Waals surface area (Å²) < 4.78 is 0. The Kier molecular flexibility index (Phi) is 3.47. The van der Waals surface area contributed by atoms with Gasteiger partial charge in [-0.2, -0.15) is 0 Å². The number of pyridine rings is 1. The first-order valence-corrected chi connectivity index (χ1v) is 6.03. The SMILES string of the molecule is Cc1ccccc1Sc1cc([N+](=O)[O-])cc(N)n1. The van der Waals surface area contributed by atoms with Crippen LogP contribution in [0.1, 0.15) is 5.56 Å². The molecule has 0 aliphatic heterocycles. The van der Waals surface area contributed by atoms with Gasteiger partial charge in [0.2, 0.25) is 0 Å². The van der Waals surface area contributed by atoms with E-state index in [0.717, 1.165) is 10.5 Å². The second-order valence-electron chi connectivity index (χ2n) is 3.71. The van der Waals surface area contributed by atoms with Crippen molar-refractivity contribution in [1.82, 2.24) is 4.98 Å². The average Bonchev–Trinajstić information content (AvgIpc) is 2.31. The lowest BCUT2D eigenvalue weighted by molar-refractivity contribution is -0.385. The predicted octanol–water partition coefficient (Wildman–Crippen LogP) is 3.03. The van der Waals surface area contributed by atoms with Gasteiger partial charge in [-0.05, 0) is 18.6 Å². The molecule has 0 radical (unpaired) electrons. The van der Waals surface area contributed by atoms with Crippen molar-refractivity contribution in [2.45, 2.75) is 16.8 Å². The van der Waals surface area contributed by atoms with Crippen molar-refractivity contribution in [1.29, 1.82) is 0 Å². The van der Waals surface area contributed by atoms with Crippen molar-refractivity contribution >= 4 is 23.3 Å². The van der Waals surface area contributed by atoms with Gasteiger partial charge in [0.25, 0.3) is 5.69 Å². The molecule has 0 saturated heterocycles. The van der Waals surface area contributed by atoms with Crippen LogP contribution in [0.5, 0.6) is 0 Å². The van der Waals surface area contributed by atoms with Crippen LogP contribution in [0.3, 0.4) is 0 Å². The van der Waals surface area contributed by atoms with Gasteiger partial charge in [0, 0.05) is 11.0 Å². The molecule has 5 nitrogen and oxygen atoms in total. The van der Waals surface area contributed by atoms with Crippen LogP contribution in [-0.2, 0) is 0 Å². The molecule has 0 spiro atoms. The summed E-state index contributed by atoms with van der Waals surface area (Å²) in [6, 6.07) is 10.4. The van der Waals surface area contributed by atoms with Crippen molar-refractivity contribution in [2.75, 3.05) is 5.73 Å². The topological polar surface area (TPSA) is 82.0 Å². The highest BCUT2D eigenvalue weighted by molar-refractivity contribution is 7.99. The number of aromatic nitrogens is 1. The zero-order chi connectivity index (χ0) is 13.1. The first kappa shape index (κ1) is 12.4. The highest BCUT2D eigenvalue weighted by Crippen LogP contribution is 2.31. The minimum absolute atomic E-state index is 0.0430. The molecule has 0 atom stereocenters. The lowest BCUT2D eigenvalue weighted by atomic mass is 10.2. The number of nitrogens with two attached hydrogens (primary N) is 1. The number of nitro groups is 1. The van der Waals surface area contributed by atoms with Crippen molar-refractivity contribution in [2.24, 2.45) is 0 Å². The summed E-state index contributed by atoms with van der Waals surface area (Å²) in [5.41, 5.74) is 6.61. The van der Waals surface area contributed by atoms with Crippen molar-refractivity contribution in [3.63, 3.8) is 0 Å². The Labute approximate surface area is 108 Å². The minimum Gasteiger partial charge on any atom is -0.383 e. The van der Waals surface area contributed by atoms with Crippen LogP contribution < -0.4 is 5.73 Å². The van der Waals surface area contributed by atoms with E-state index < -0.39 is 4.92 Å². The molecule has 0 bridgehead atoms. The maximum atomic E-state index is 10.7. The highest BCUT2D eigenvalue weighted by atomic mass is 32.2. The van der Waals surface area contributed by atoms with E-state index >= 15 is 0 Å². The number of nitrogen functional groups attached to an aromatic ring is 1. The summed E-state index contributed by atoms with van der Waals surface area (Å²) >= 11 is 1.36. The minimum atomic E-state index is -0.472. The number of aryl methyl sites for hydroxylation is 1. The number of nitrogens with zero attached hydrogens (tertiary/aromatic N) is 2. The van der Waals surface area contributed by atoms with Crippen molar-refractivity contribution in [3.05, 3.63) is 52.1 Å². The van der Waals surface area contributed by atoms with Gasteiger partial charge in [0.15, 0.2) is 0 Å². The van der Waals surface area contributed by atoms with Gasteiger partial charge >= 0.3 is 0 Å². The third-order valence-electron chi connectivity index (χ3n) is 2.33. The number of hydrogen-bond donors (Lipinski definition) is 1. The van der Waals surface area contributed by atoms with E-state index in [1.165, 1.54) is 23.9 Å². The quantitative estimate of drug-likeness (QED) is 0.678. The molecule has 1 aromatic heterocycles. The van der Waals surface area contributed by atoms with Crippen LogP contribution >= 0.6 is 11.8 Å². The van der Waals surface area contributed by atoms with Crippen molar-refractivity contribution < 1.29 is 4.92 Å². The summed E-state index contributed by atoms with van der Waals surface area (Å²) in [5, 5.41) is 11.3. The molecule has 6 heteroatoms. The van der Waals surface area contributed by atoms with Gasteiger partial charge in [-0.1, -0.05) is 30.0 Å². The molecule has 0 saturated carbocycles. The molecule has 18 heavy (non-hydrogen) atoms. The van der Waals surface area contributed by atoms with E-state index in [1.807, 2.05) is 31.2 Å². The standard InChI is InChI=1S/C12H11N3O2S/c1-8-4-2-3-5-10(8)18-12-7-9(15(16)17)6-11(13)14-12/h2-7H,1H3,(H2,13,14). The largest absolute Gasteiger partial charge is 0.383 e. The molecular weight excluding hydrogens is 250 g/mol. The van der Waals surface area contributed by atoms with Crippen LogP contribution in [0.2, 0.25) is 0 Å². The van der Waals surface area contributed by atoms with Crippen LogP contribution in [0.25, 0.3) is 0 Å². The Morgan fingerprint density at radius 3 is 2.72 bits per heavy atom. The fourth-order valence-electron chi connectivity index (χ4n) is 1.45. The van der Waals surface area contributed by atoms with E-state index in [-0.39, 0.29) is 11.5 Å². The molecule has 2 rings (SSSR count). The van der Waals surface area contributed by atoms with Gasteiger partial charge in [-0.25, -0.2) is 4.98 Å². The Bertz CT molecular complexity index is 602. The van der Waals surface area contributed by atoms with E-state index in [9.17, 15) is 10.1 Å². The van der Waals surface area contributed by atoms with Gasteiger partial charge in [0.1, 0.15) is 10.8 Å². The molecular formula is C12H11N3O2S. The number of rotatable bonds is 3. The third kappa shape index (κ3) is 2.78. The molecule has 0 aliphatic rings. The average molecular weight is 261 g/mol. The Morgan fingerprint density at radius 2 is 2.06 bits per heavy atom. The van der Waals surface area contributed by atoms with E-state index in [2.05, 4.69) is 4.98 Å². The second-order valence-corrected chi connectivity index (χ2v) is 4.78. The highest BCUT2D eigenvalue weighted by Gasteiger charge is 2.11. The molecule has 1 heterocycles. The molecule has 2 N–H and O–H groups in total. The lowest BCUT2D eigenvalue weighted by Gasteiger charge is -2.05. The van der Waals surface area contributed by atoms with E-state index in [4.69, 9.17) is 5.73 Å². The zero-order valence-electron chi connectivity index (χ0n) is 9.66. The van der Waals surface area contributed by atoms with E-state index in [1.54, 1.807) is 0 Å². The molecule has 0 amide bonds. The first-order chi connectivity index (χ1) is 8.56. The summed E-state index contributed by atoms with van der Waals surface area (Å²) in [5.74, 6) is 0.153. The summed E-state index contributed by atoms with van der Waals surface area (Å²) in [6.45, 7) is 1.98. The Hall–Kier alpha value is -2.08. The van der Waals surface area contributed by atoms with Crippen molar-refractivity contribution in [3.8, 4) is 0 Å². The van der Waals surface area contributed by atoms with Crippen LogP contribution in [0, 0.1) is 17.0 Å². The zero-order valence-corrected chi connectivity index (χ0v) is 10.5. The molecule has 0 fully saturated rings. The maximum absolute atomic E-state index is 10.7.